The van der Waals surface area contributed by atoms with Gasteiger partial charge >= 0.3 is 6.18 Å². The molecule has 1 unspecified atom stereocenters. The van der Waals surface area contributed by atoms with Crippen LogP contribution < -0.4 is 0 Å². The van der Waals surface area contributed by atoms with Crippen molar-refractivity contribution >= 4 is 27.3 Å². The molecule has 0 saturated carbocycles. The summed E-state index contributed by atoms with van der Waals surface area (Å²) < 4.78 is 38.1. The smallest absolute Gasteiger partial charge is 0.387 e. The maximum atomic E-state index is 12.4. The minimum atomic E-state index is -4.46. The molecule has 1 aromatic heterocycles. The Labute approximate surface area is 120 Å². The van der Waals surface area contributed by atoms with Crippen molar-refractivity contribution in [2.45, 2.75) is 18.7 Å². The highest BCUT2D eigenvalue weighted by atomic mass is 79.9. The average Bonchev–Trinajstić information content (AvgIpc) is 2.77. The van der Waals surface area contributed by atoms with Crippen LogP contribution in [0.4, 0.5) is 13.2 Å². The summed E-state index contributed by atoms with van der Waals surface area (Å²) in [4.78, 5) is 3.51. The lowest BCUT2D eigenvalue weighted by atomic mass is 10.1. The van der Waals surface area contributed by atoms with Crippen molar-refractivity contribution in [3.63, 3.8) is 0 Å². The van der Waals surface area contributed by atoms with E-state index in [4.69, 9.17) is 0 Å². The lowest BCUT2D eigenvalue weighted by molar-refractivity contribution is -0.137. The van der Waals surface area contributed by atoms with E-state index in [1.54, 1.807) is 12.1 Å². The molecule has 2 nitrogen and oxygen atoms in total. The predicted octanol–water partition coefficient (Wildman–Crippen LogP) is 4.20. The maximum absolute atomic E-state index is 12.4. The molecule has 2 rings (SSSR count). The summed E-state index contributed by atoms with van der Waals surface area (Å²) in [5, 5.41) is 9.00. The first-order chi connectivity index (χ1) is 8.86. The Kier molecular flexibility index (Phi) is 4.27. The van der Waals surface area contributed by atoms with Crippen molar-refractivity contribution in [3.8, 4) is 0 Å². The van der Waals surface area contributed by atoms with Gasteiger partial charge in [-0.25, -0.2) is 4.98 Å². The van der Waals surface area contributed by atoms with Crippen LogP contribution in [0.15, 0.2) is 34.9 Å². The summed E-state index contributed by atoms with van der Waals surface area (Å²) in [5.74, 6) is 0. The van der Waals surface area contributed by atoms with E-state index in [9.17, 15) is 18.3 Å². The number of hydrogen-bond acceptors (Lipinski definition) is 3. The van der Waals surface area contributed by atoms with Gasteiger partial charge in [0.25, 0.3) is 0 Å². The molecule has 0 aliphatic heterocycles. The van der Waals surface area contributed by atoms with Crippen LogP contribution in [0.3, 0.4) is 0 Å². The van der Waals surface area contributed by atoms with Crippen molar-refractivity contribution < 1.29 is 18.3 Å². The van der Waals surface area contributed by atoms with E-state index in [0.717, 1.165) is 16.2 Å². The fourth-order valence-corrected chi connectivity index (χ4v) is 2.78. The average molecular weight is 352 g/mol. The molecule has 1 N–H and O–H groups in total. The van der Waals surface area contributed by atoms with E-state index in [0.29, 0.717) is 11.3 Å². The van der Waals surface area contributed by atoms with Crippen molar-refractivity contribution in [1.29, 1.82) is 0 Å². The topological polar surface area (TPSA) is 33.1 Å². The standard InChI is InChI=1S/C12H9BrF3NOS/c13-8-3-1-2-7(4-8)5-9(18)10-6-17-11(19-10)12(14,15)16/h1-4,6,9,18H,5H2. The number of benzene rings is 1. The van der Waals surface area contributed by atoms with Crippen molar-refractivity contribution in [2.75, 3.05) is 0 Å². The van der Waals surface area contributed by atoms with Crippen molar-refractivity contribution in [3.05, 3.63) is 50.4 Å². The minimum absolute atomic E-state index is 0.215. The van der Waals surface area contributed by atoms with Gasteiger partial charge in [0.15, 0.2) is 5.01 Å². The Balaban J connectivity index is 2.12. The van der Waals surface area contributed by atoms with E-state index in [-0.39, 0.29) is 11.3 Å². The number of aliphatic hydroxyl groups excluding tert-OH is 1. The van der Waals surface area contributed by atoms with Gasteiger partial charge in [-0.3, -0.25) is 0 Å². The molecule has 0 aliphatic carbocycles. The number of nitrogens with zero attached hydrogens (tertiary/aromatic N) is 1. The van der Waals surface area contributed by atoms with E-state index < -0.39 is 17.3 Å². The highest BCUT2D eigenvalue weighted by Crippen LogP contribution is 2.35. The highest BCUT2D eigenvalue weighted by molar-refractivity contribution is 9.10. The molecule has 0 radical (unpaired) electrons. The first kappa shape index (κ1) is 14.5. The lowest BCUT2D eigenvalue weighted by Crippen LogP contribution is -2.03. The number of alkyl halides is 3. The zero-order valence-electron chi connectivity index (χ0n) is 9.49. The molecule has 1 heterocycles. The molecular formula is C12H9BrF3NOS. The van der Waals surface area contributed by atoms with Crippen LogP contribution in [-0.4, -0.2) is 10.1 Å². The van der Waals surface area contributed by atoms with E-state index in [1.165, 1.54) is 0 Å². The van der Waals surface area contributed by atoms with Gasteiger partial charge in [0.2, 0.25) is 0 Å². The van der Waals surface area contributed by atoms with Crippen LogP contribution in [0.2, 0.25) is 0 Å². The molecule has 0 spiro atoms. The quantitative estimate of drug-likeness (QED) is 0.898. The molecule has 0 fully saturated rings. The van der Waals surface area contributed by atoms with Gasteiger partial charge in [-0.1, -0.05) is 28.1 Å². The third-order valence-electron chi connectivity index (χ3n) is 2.41. The van der Waals surface area contributed by atoms with Gasteiger partial charge in [0.1, 0.15) is 0 Å². The van der Waals surface area contributed by atoms with Crippen LogP contribution >= 0.6 is 27.3 Å². The summed E-state index contributed by atoms with van der Waals surface area (Å²) in [6, 6.07) is 7.26. The normalized spacial score (nSPS) is 13.5. The number of halogens is 4. The Bertz CT molecular complexity index is 570. The van der Waals surface area contributed by atoms with Crippen molar-refractivity contribution in [2.24, 2.45) is 0 Å². The monoisotopic (exact) mass is 351 g/mol. The Morgan fingerprint density at radius 2 is 2.11 bits per heavy atom. The fourth-order valence-electron chi connectivity index (χ4n) is 1.56. The molecule has 1 atom stereocenters. The predicted molar refractivity (Wildman–Crippen MR) is 69.9 cm³/mol. The lowest BCUT2D eigenvalue weighted by Gasteiger charge is -2.08. The van der Waals surface area contributed by atoms with E-state index in [2.05, 4.69) is 20.9 Å². The third-order valence-corrected chi connectivity index (χ3v) is 4.05. The molecule has 0 bridgehead atoms. The van der Waals surface area contributed by atoms with E-state index >= 15 is 0 Å². The van der Waals surface area contributed by atoms with Gasteiger partial charge in [-0.05, 0) is 17.7 Å². The molecule has 0 aliphatic rings. The first-order valence-electron chi connectivity index (χ1n) is 5.31. The Hall–Kier alpha value is -0.920. The summed E-state index contributed by atoms with van der Waals surface area (Å²) in [6.45, 7) is 0. The SMILES string of the molecule is OC(Cc1cccc(Br)c1)c1cnc(C(F)(F)F)s1. The molecule has 1 aromatic carbocycles. The van der Waals surface area contributed by atoms with Gasteiger partial charge in [-0.15, -0.1) is 11.3 Å². The first-order valence-corrected chi connectivity index (χ1v) is 6.92. The molecule has 19 heavy (non-hydrogen) atoms. The second-order valence-electron chi connectivity index (χ2n) is 3.92. The van der Waals surface area contributed by atoms with Gasteiger partial charge < -0.3 is 5.11 Å². The second-order valence-corrected chi connectivity index (χ2v) is 5.89. The largest absolute Gasteiger partial charge is 0.443 e. The summed E-state index contributed by atoms with van der Waals surface area (Å²) in [6.07, 6.45) is -4.11. The summed E-state index contributed by atoms with van der Waals surface area (Å²) >= 11 is 3.77. The Morgan fingerprint density at radius 3 is 2.68 bits per heavy atom. The zero-order chi connectivity index (χ0) is 14.0. The minimum Gasteiger partial charge on any atom is -0.387 e. The van der Waals surface area contributed by atoms with Gasteiger partial charge in [-0.2, -0.15) is 13.2 Å². The molecule has 0 saturated heterocycles. The number of hydrogen-bond donors (Lipinski definition) is 1. The van der Waals surface area contributed by atoms with Crippen LogP contribution in [0, 0.1) is 0 Å². The Morgan fingerprint density at radius 1 is 1.37 bits per heavy atom. The van der Waals surface area contributed by atoms with Crippen molar-refractivity contribution in [1.82, 2.24) is 4.98 Å². The number of aromatic nitrogens is 1. The summed E-state index contributed by atoms with van der Waals surface area (Å²) in [7, 11) is 0. The molecule has 102 valence electrons. The second kappa shape index (κ2) is 5.60. The number of rotatable bonds is 3. The fraction of sp³-hybridized carbons (Fsp3) is 0.250. The molecule has 7 heteroatoms. The van der Waals surface area contributed by atoms with E-state index in [1.807, 2.05) is 12.1 Å². The molecule has 2 aromatic rings. The number of aliphatic hydroxyl groups is 1. The zero-order valence-corrected chi connectivity index (χ0v) is 11.9. The molecular weight excluding hydrogens is 343 g/mol. The molecule has 0 amide bonds. The van der Waals surface area contributed by atoms with Crippen LogP contribution in [0.25, 0.3) is 0 Å². The number of thiazole rings is 1. The van der Waals surface area contributed by atoms with Gasteiger partial charge in [0, 0.05) is 17.1 Å². The van der Waals surface area contributed by atoms with Gasteiger partial charge in [0.05, 0.1) is 11.0 Å². The third kappa shape index (κ3) is 3.77. The van der Waals surface area contributed by atoms with Crippen LogP contribution in [0.5, 0.6) is 0 Å². The summed E-state index contributed by atoms with van der Waals surface area (Å²) in [5.41, 5.74) is 0.837. The highest BCUT2D eigenvalue weighted by Gasteiger charge is 2.35. The van der Waals surface area contributed by atoms with Crippen LogP contribution in [-0.2, 0) is 12.6 Å². The maximum Gasteiger partial charge on any atom is 0.443 e. The van der Waals surface area contributed by atoms with Crippen LogP contribution in [0.1, 0.15) is 21.6 Å².